The Morgan fingerprint density at radius 1 is 0.917 bits per heavy atom. The molecular weight excluding hydrogens is 300 g/mol. The van der Waals surface area contributed by atoms with Crippen molar-refractivity contribution in [1.82, 2.24) is 10.1 Å². The number of ether oxygens (including phenoxy) is 1. The van der Waals surface area contributed by atoms with Crippen molar-refractivity contribution in [1.29, 1.82) is 0 Å². The highest BCUT2D eigenvalue weighted by atomic mass is 16.5. The molecule has 0 spiro atoms. The summed E-state index contributed by atoms with van der Waals surface area (Å²) < 4.78 is 11.1. The van der Waals surface area contributed by atoms with Gasteiger partial charge in [0, 0.05) is 22.2 Å². The number of methoxy groups -OCH3 is 1. The number of benzene rings is 2. The second-order valence-electron chi connectivity index (χ2n) is 5.60. The minimum atomic E-state index is 0.723. The SMILES string of the molecule is COc1ccccc1-c1cnoc1-c1cc(C)nc2ccccc12. The summed E-state index contributed by atoms with van der Waals surface area (Å²) in [5.41, 5.74) is 4.72. The molecule has 118 valence electrons. The summed E-state index contributed by atoms with van der Waals surface area (Å²) in [7, 11) is 1.66. The van der Waals surface area contributed by atoms with Crippen LogP contribution in [0.2, 0.25) is 0 Å². The molecule has 4 rings (SSSR count). The van der Waals surface area contributed by atoms with Gasteiger partial charge in [-0.05, 0) is 25.1 Å². The zero-order valence-corrected chi connectivity index (χ0v) is 13.5. The van der Waals surface area contributed by atoms with Crippen LogP contribution in [0.5, 0.6) is 5.75 Å². The molecule has 0 aliphatic heterocycles. The van der Waals surface area contributed by atoms with Crippen molar-refractivity contribution < 1.29 is 9.26 Å². The Morgan fingerprint density at radius 2 is 1.71 bits per heavy atom. The van der Waals surface area contributed by atoms with Gasteiger partial charge < -0.3 is 9.26 Å². The average Bonchev–Trinajstić information content (AvgIpc) is 3.10. The van der Waals surface area contributed by atoms with Gasteiger partial charge in [-0.25, -0.2) is 0 Å². The summed E-state index contributed by atoms with van der Waals surface area (Å²) in [6.45, 7) is 1.98. The van der Waals surface area contributed by atoms with Crippen molar-refractivity contribution in [3.8, 4) is 28.2 Å². The summed E-state index contributed by atoms with van der Waals surface area (Å²) in [5.74, 6) is 1.51. The highest BCUT2D eigenvalue weighted by Gasteiger charge is 2.18. The van der Waals surface area contributed by atoms with Crippen LogP contribution >= 0.6 is 0 Å². The summed E-state index contributed by atoms with van der Waals surface area (Å²) >= 11 is 0. The molecule has 24 heavy (non-hydrogen) atoms. The van der Waals surface area contributed by atoms with E-state index in [0.29, 0.717) is 0 Å². The van der Waals surface area contributed by atoms with Crippen LogP contribution in [0.1, 0.15) is 5.69 Å². The third-order valence-electron chi connectivity index (χ3n) is 4.06. The van der Waals surface area contributed by atoms with E-state index in [1.807, 2.05) is 61.5 Å². The third kappa shape index (κ3) is 2.33. The van der Waals surface area contributed by atoms with Crippen molar-refractivity contribution in [2.24, 2.45) is 0 Å². The van der Waals surface area contributed by atoms with Crippen molar-refractivity contribution >= 4 is 10.9 Å². The van der Waals surface area contributed by atoms with Gasteiger partial charge >= 0.3 is 0 Å². The molecule has 2 aromatic carbocycles. The monoisotopic (exact) mass is 316 g/mol. The van der Waals surface area contributed by atoms with Gasteiger partial charge in [0.1, 0.15) is 5.75 Å². The molecule has 0 N–H and O–H groups in total. The average molecular weight is 316 g/mol. The summed E-state index contributed by atoms with van der Waals surface area (Å²) in [6.07, 6.45) is 1.73. The lowest BCUT2D eigenvalue weighted by molar-refractivity contribution is 0.416. The van der Waals surface area contributed by atoms with Crippen LogP contribution in [0, 0.1) is 6.92 Å². The molecule has 0 amide bonds. The van der Waals surface area contributed by atoms with Crippen LogP contribution in [0.4, 0.5) is 0 Å². The van der Waals surface area contributed by atoms with Crippen molar-refractivity contribution in [3.63, 3.8) is 0 Å². The lowest BCUT2D eigenvalue weighted by Crippen LogP contribution is -1.90. The number of hydrogen-bond donors (Lipinski definition) is 0. The van der Waals surface area contributed by atoms with Crippen LogP contribution in [-0.4, -0.2) is 17.3 Å². The predicted molar refractivity (Wildman–Crippen MR) is 94.0 cm³/mol. The normalized spacial score (nSPS) is 10.9. The van der Waals surface area contributed by atoms with Crippen LogP contribution in [0.15, 0.2) is 65.3 Å². The summed E-state index contributed by atoms with van der Waals surface area (Å²) in [4.78, 5) is 4.60. The number of pyridine rings is 1. The van der Waals surface area contributed by atoms with Gasteiger partial charge in [0.15, 0.2) is 5.76 Å². The highest BCUT2D eigenvalue weighted by molar-refractivity contribution is 5.97. The molecule has 0 atom stereocenters. The minimum absolute atomic E-state index is 0.723. The van der Waals surface area contributed by atoms with Crippen LogP contribution in [0.25, 0.3) is 33.4 Å². The number of hydrogen-bond acceptors (Lipinski definition) is 4. The van der Waals surface area contributed by atoms with E-state index in [-0.39, 0.29) is 0 Å². The van der Waals surface area contributed by atoms with Gasteiger partial charge in [0.25, 0.3) is 0 Å². The van der Waals surface area contributed by atoms with Gasteiger partial charge in [0.05, 0.1) is 24.4 Å². The molecule has 2 aromatic heterocycles. The van der Waals surface area contributed by atoms with E-state index >= 15 is 0 Å². The van der Waals surface area contributed by atoms with Crippen molar-refractivity contribution in [2.75, 3.05) is 7.11 Å². The number of aryl methyl sites for hydroxylation is 1. The van der Waals surface area contributed by atoms with E-state index in [2.05, 4.69) is 10.1 Å². The Hall–Kier alpha value is -3.14. The quantitative estimate of drug-likeness (QED) is 0.541. The molecule has 4 nitrogen and oxygen atoms in total. The first-order valence-corrected chi connectivity index (χ1v) is 7.73. The van der Waals surface area contributed by atoms with E-state index < -0.39 is 0 Å². The number of fused-ring (bicyclic) bond motifs is 1. The van der Waals surface area contributed by atoms with Crippen LogP contribution in [0.3, 0.4) is 0 Å². The molecule has 0 aliphatic rings. The fraction of sp³-hybridized carbons (Fsp3) is 0.100. The summed E-state index contributed by atoms with van der Waals surface area (Å²) in [6, 6.07) is 17.9. The Morgan fingerprint density at radius 3 is 2.58 bits per heavy atom. The van der Waals surface area contributed by atoms with E-state index in [0.717, 1.165) is 44.8 Å². The number of aromatic nitrogens is 2. The van der Waals surface area contributed by atoms with Crippen molar-refractivity contribution in [3.05, 3.63) is 66.5 Å². The maximum absolute atomic E-state index is 5.63. The maximum Gasteiger partial charge on any atom is 0.175 e. The molecule has 0 saturated heterocycles. The lowest BCUT2D eigenvalue weighted by atomic mass is 9.98. The first-order valence-electron chi connectivity index (χ1n) is 7.73. The van der Waals surface area contributed by atoms with E-state index in [4.69, 9.17) is 9.26 Å². The summed E-state index contributed by atoms with van der Waals surface area (Å²) in [5, 5.41) is 5.07. The van der Waals surface area contributed by atoms with Crippen LogP contribution < -0.4 is 4.74 Å². The van der Waals surface area contributed by atoms with E-state index in [1.165, 1.54) is 0 Å². The molecule has 4 heteroatoms. The van der Waals surface area contributed by atoms with E-state index in [1.54, 1.807) is 13.3 Å². The van der Waals surface area contributed by atoms with Gasteiger partial charge in [-0.15, -0.1) is 0 Å². The zero-order valence-electron chi connectivity index (χ0n) is 13.5. The fourth-order valence-electron chi connectivity index (χ4n) is 2.99. The fourth-order valence-corrected chi connectivity index (χ4v) is 2.99. The maximum atomic E-state index is 5.63. The smallest absolute Gasteiger partial charge is 0.175 e. The Bertz CT molecular complexity index is 1020. The van der Waals surface area contributed by atoms with Gasteiger partial charge in [-0.1, -0.05) is 41.6 Å². The van der Waals surface area contributed by atoms with Gasteiger partial charge in [0.2, 0.25) is 0 Å². The van der Waals surface area contributed by atoms with Crippen molar-refractivity contribution in [2.45, 2.75) is 6.92 Å². The molecule has 2 heterocycles. The molecular formula is C20H16N2O2. The van der Waals surface area contributed by atoms with Gasteiger partial charge in [-0.3, -0.25) is 4.98 Å². The van der Waals surface area contributed by atoms with E-state index in [9.17, 15) is 0 Å². The topological polar surface area (TPSA) is 48.2 Å². The largest absolute Gasteiger partial charge is 0.496 e. The molecule has 0 radical (unpaired) electrons. The number of nitrogens with zero attached hydrogens (tertiary/aromatic N) is 2. The second kappa shape index (κ2) is 5.81. The first kappa shape index (κ1) is 14.5. The molecule has 0 unspecified atom stereocenters. The molecule has 0 bridgehead atoms. The Kier molecular flexibility index (Phi) is 3.50. The van der Waals surface area contributed by atoms with Gasteiger partial charge in [-0.2, -0.15) is 0 Å². The molecule has 0 fully saturated rings. The Labute approximate surface area is 139 Å². The third-order valence-corrected chi connectivity index (χ3v) is 4.06. The number of rotatable bonds is 3. The second-order valence-corrected chi connectivity index (χ2v) is 5.60. The molecule has 0 saturated carbocycles. The first-order chi connectivity index (χ1) is 11.8. The standard InChI is InChI=1S/C20H16N2O2/c1-13-11-16(14-7-3-5-9-18(14)22-13)20-17(12-21-24-20)15-8-4-6-10-19(15)23-2/h3-12H,1-2H3. The zero-order chi connectivity index (χ0) is 16.5. The molecule has 4 aromatic rings. The lowest BCUT2D eigenvalue weighted by Gasteiger charge is -2.09. The minimum Gasteiger partial charge on any atom is -0.496 e. The van der Waals surface area contributed by atoms with Crippen LogP contribution in [-0.2, 0) is 0 Å². The highest BCUT2D eigenvalue weighted by Crippen LogP contribution is 2.39. The number of para-hydroxylation sites is 2. The predicted octanol–water partition coefficient (Wildman–Crippen LogP) is 4.87. The Balaban J connectivity index is 1.99. The molecule has 0 aliphatic carbocycles.